The van der Waals surface area contributed by atoms with Crippen LogP contribution in [0.1, 0.15) is 54.4 Å². The Morgan fingerprint density at radius 2 is 1.38 bits per heavy atom. The number of hydrogen-bond acceptors (Lipinski definition) is 0. The van der Waals surface area contributed by atoms with Crippen molar-refractivity contribution < 1.29 is 0 Å². The molecule has 0 saturated heterocycles. The topological polar surface area (TPSA) is 0 Å². The zero-order valence-electron chi connectivity index (χ0n) is 16.6. The van der Waals surface area contributed by atoms with Gasteiger partial charge in [0.2, 0.25) is 6.71 Å². The van der Waals surface area contributed by atoms with E-state index in [2.05, 4.69) is 66.3 Å². The van der Waals surface area contributed by atoms with Gasteiger partial charge in [-0.25, -0.2) is 0 Å². The molecule has 2 fully saturated rings. The number of rotatable bonds is 4. The molecule has 0 aliphatic heterocycles. The van der Waals surface area contributed by atoms with E-state index < -0.39 is 0 Å². The Morgan fingerprint density at radius 3 is 1.67 bits per heavy atom. The van der Waals surface area contributed by atoms with E-state index in [0.29, 0.717) is 17.5 Å². The molecule has 0 spiro atoms. The Morgan fingerprint density at radius 1 is 0.958 bits per heavy atom. The summed E-state index contributed by atoms with van der Waals surface area (Å²) < 4.78 is 0. The molecule has 0 N–H and O–H groups in total. The fourth-order valence-corrected chi connectivity index (χ4v) is 6.98. The first kappa shape index (κ1) is 16.7. The molecule has 0 amide bonds. The van der Waals surface area contributed by atoms with Gasteiger partial charge in [-0.1, -0.05) is 70.7 Å². The highest BCUT2D eigenvalue weighted by Gasteiger charge is 2.57. The molecule has 6 unspecified atom stereocenters. The summed E-state index contributed by atoms with van der Waals surface area (Å²) in [5.74, 6) is 4.89. The summed E-state index contributed by atoms with van der Waals surface area (Å²) in [6.07, 6.45) is 11.5. The summed E-state index contributed by atoms with van der Waals surface area (Å²) >= 11 is 0. The molecule has 2 saturated carbocycles. The highest BCUT2D eigenvalue weighted by molar-refractivity contribution is 6.74. The van der Waals surface area contributed by atoms with Crippen LogP contribution in [0.4, 0.5) is 0 Å². The van der Waals surface area contributed by atoms with Gasteiger partial charge in [0.25, 0.3) is 0 Å². The van der Waals surface area contributed by atoms with Crippen molar-refractivity contribution in [3.05, 3.63) is 35.8 Å². The van der Waals surface area contributed by atoms with Crippen LogP contribution >= 0.6 is 0 Å². The molecule has 6 atom stereocenters. The third-order valence-corrected chi connectivity index (χ3v) is 9.09. The van der Waals surface area contributed by atoms with Crippen molar-refractivity contribution in [2.24, 2.45) is 46.3 Å². The van der Waals surface area contributed by atoms with Gasteiger partial charge in [-0.15, -0.1) is 6.58 Å². The first-order chi connectivity index (χ1) is 11.2. The van der Waals surface area contributed by atoms with Crippen molar-refractivity contribution in [2.45, 2.75) is 60.7 Å². The predicted molar refractivity (Wildman–Crippen MR) is 106 cm³/mol. The van der Waals surface area contributed by atoms with Crippen molar-refractivity contribution >= 4 is 6.71 Å². The lowest BCUT2D eigenvalue weighted by atomic mass is 9.26. The van der Waals surface area contributed by atoms with Gasteiger partial charge in [-0.05, 0) is 65.5 Å². The van der Waals surface area contributed by atoms with Crippen LogP contribution in [-0.2, 0) is 0 Å². The van der Waals surface area contributed by atoms with Gasteiger partial charge in [-0.3, -0.25) is 0 Å². The van der Waals surface area contributed by atoms with Crippen LogP contribution in [0.25, 0.3) is 0 Å². The minimum absolute atomic E-state index is 0.526. The van der Waals surface area contributed by atoms with Gasteiger partial charge < -0.3 is 0 Å². The summed E-state index contributed by atoms with van der Waals surface area (Å²) in [6, 6.07) is 0. The van der Waals surface area contributed by atoms with E-state index in [-0.39, 0.29) is 0 Å². The van der Waals surface area contributed by atoms with Gasteiger partial charge >= 0.3 is 0 Å². The quantitative estimate of drug-likeness (QED) is 0.425. The maximum Gasteiger partial charge on any atom is 0.203 e. The highest BCUT2D eigenvalue weighted by atomic mass is 14.6. The Kier molecular flexibility index (Phi) is 3.59. The smallest absolute Gasteiger partial charge is 0.104 e. The summed E-state index contributed by atoms with van der Waals surface area (Å²) in [4.78, 5) is 0. The van der Waals surface area contributed by atoms with Crippen molar-refractivity contribution in [1.82, 2.24) is 0 Å². The zero-order chi connectivity index (χ0) is 17.4. The third-order valence-electron chi connectivity index (χ3n) is 9.09. The summed E-state index contributed by atoms with van der Waals surface area (Å²) in [7, 11) is 0. The second-order valence-corrected chi connectivity index (χ2v) is 10.5. The maximum atomic E-state index is 4.10. The average Bonchev–Trinajstić information content (AvgIpc) is 2.52. The first-order valence-corrected chi connectivity index (χ1v) is 10.2. The van der Waals surface area contributed by atoms with Gasteiger partial charge in [0, 0.05) is 0 Å². The lowest BCUT2D eigenvalue weighted by Gasteiger charge is -2.61. The molecule has 6 rings (SSSR count). The van der Waals surface area contributed by atoms with E-state index in [0.717, 1.165) is 41.8 Å². The largest absolute Gasteiger partial charge is 0.203 e. The van der Waals surface area contributed by atoms with E-state index in [4.69, 9.17) is 0 Å². The Balaban J connectivity index is 1.69. The molecule has 0 radical (unpaired) electrons. The van der Waals surface area contributed by atoms with Crippen molar-refractivity contribution in [3.8, 4) is 0 Å². The third kappa shape index (κ3) is 1.99. The maximum absolute atomic E-state index is 4.10. The normalized spacial score (nSPS) is 43.8. The monoisotopic (exact) mass is 322 g/mol. The molecule has 6 aliphatic rings. The fraction of sp³-hybridized carbons (Fsp3) is 0.739. The van der Waals surface area contributed by atoms with Gasteiger partial charge in [0.05, 0.1) is 0 Å². The molecule has 0 aromatic heterocycles. The Hall–Kier alpha value is -0.715. The van der Waals surface area contributed by atoms with E-state index >= 15 is 0 Å². The minimum Gasteiger partial charge on any atom is -0.104 e. The SMILES string of the molecule is C=CCB(C1=CC2CC(C1C)C2(C)C)C1=CC2CC(C1C)C2(C)C. The summed E-state index contributed by atoms with van der Waals surface area (Å²) in [5.41, 5.74) is 4.57. The van der Waals surface area contributed by atoms with E-state index in [1.165, 1.54) is 12.8 Å². The van der Waals surface area contributed by atoms with Gasteiger partial charge in [-0.2, -0.15) is 0 Å². The molecule has 0 nitrogen and oxygen atoms in total. The number of fused-ring (bicyclic) bond motifs is 2. The highest BCUT2D eigenvalue weighted by Crippen LogP contribution is 2.63. The first-order valence-electron chi connectivity index (χ1n) is 10.2. The van der Waals surface area contributed by atoms with Crippen LogP contribution in [0.2, 0.25) is 6.32 Å². The van der Waals surface area contributed by atoms with Crippen LogP contribution in [-0.4, -0.2) is 6.71 Å². The second-order valence-electron chi connectivity index (χ2n) is 10.5. The van der Waals surface area contributed by atoms with E-state index in [1.54, 1.807) is 10.9 Å². The van der Waals surface area contributed by atoms with E-state index in [1.807, 2.05) is 0 Å². The van der Waals surface area contributed by atoms with Crippen molar-refractivity contribution in [1.29, 1.82) is 0 Å². The lowest BCUT2D eigenvalue weighted by molar-refractivity contribution is -0.0305. The van der Waals surface area contributed by atoms with E-state index in [9.17, 15) is 0 Å². The minimum atomic E-state index is 0.526. The van der Waals surface area contributed by atoms with Crippen LogP contribution in [0.5, 0.6) is 0 Å². The molecule has 0 aromatic carbocycles. The van der Waals surface area contributed by atoms with Crippen LogP contribution in [0, 0.1) is 46.3 Å². The van der Waals surface area contributed by atoms with Crippen LogP contribution < -0.4 is 0 Å². The van der Waals surface area contributed by atoms with Crippen LogP contribution in [0.15, 0.2) is 35.8 Å². The molecule has 0 heterocycles. The zero-order valence-corrected chi connectivity index (χ0v) is 16.6. The summed E-state index contributed by atoms with van der Waals surface area (Å²) in [5, 5.41) is 0. The standard InChI is InChI=1S/C23H35B/c1-8-9-24(20-12-16-10-18(14(20)2)22(16,4)5)21-13-17-11-19(15(21)3)23(17,6)7/h8,12-19H,1,9-11H2,2-7H3. The number of hydrogen-bond donors (Lipinski definition) is 0. The molecular weight excluding hydrogens is 287 g/mol. The molecule has 130 valence electrons. The van der Waals surface area contributed by atoms with Crippen LogP contribution in [0.3, 0.4) is 0 Å². The summed E-state index contributed by atoms with van der Waals surface area (Å²) in [6.45, 7) is 19.7. The van der Waals surface area contributed by atoms with Crippen molar-refractivity contribution in [2.75, 3.05) is 0 Å². The van der Waals surface area contributed by atoms with Gasteiger partial charge in [0.1, 0.15) is 0 Å². The molecule has 1 heteroatoms. The molecule has 0 aromatic rings. The molecule has 6 aliphatic carbocycles. The molecule has 24 heavy (non-hydrogen) atoms. The van der Waals surface area contributed by atoms with Gasteiger partial charge in [0.15, 0.2) is 0 Å². The Labute approximate surface area is 149 Å². The number of allylic oxidation sites excluding steroid dienone is 5. The average molecular weight is 322 g/mol. The fourth-order valence-electron chi connectivity index (χ4n) is 6.98. The van der Waals surface area contributed by atoms with Crippen molar-refractivity contribution in [3.63, 3.8) is 0 Å². The molecule has 4 bridgehead atoms. The Bertz CT molecular complexity index is 570. The predicted octanol–water partition coefficient (Wildman–Crippen LogP) is 6.22. The lowest BCUT2D eigenvalue weighted by Crippen LogP contribution is -2.55. The molecular formula is C23H35B. The second kappa shape index (κ2) is 5.15.